The molecule has 2 aliphatic heterocycles. The van der Waals surface area contributed by atoms with Crippen LogP contribution >= 0.6 is 0 Å². The molecule has 1 atom stereocenters. The number of ketones is 1. The van der Waals surface area contributed by atoms with Crippen LogP contribution in [0, 0.1) is 0 Å². The highest BCUT2D eigenvalue weighted by Gasteiger charge is 2.51. The van der Waals surface area contributed by atoms with E-state index in [-0.39, 0.29) is 12.2 Å². The van der Waals surface area contributed by atoms with Gasteiger partial charge in [0.1, 0.15) is 0 Å². The van der Waals surface area contributed by atoms with Crippen molar-refractivity contribution in [2.24, 2.45) is 0 Å². The number of carbonyl (C=O) groups excluding carboxylic acids is 2. The minimum absolute atomic E-state index is 0.338. The molecule has 1 unspecified atom stereocenters. The second-order valence-corrected chi connectivity index (χ2v) is 8.10. The average Bonchev–Trinajstić information content (AvgIpc) is 3.01. The van der Waals surface area contributed by atoms with E-state index in [4.69, 9.17) is 9.47 Å². The van der Waals surface area contributed by atoms with E-state index in [9.17, 15) is 14.7 Å². The van der Waals surface area contributed by atoms with Gasteiger partial charge in [-0.15, -0.1) is 0 Å². The maximum absolute atomic E-state index is 13.4. The third-order valence-corrected chi connectivity index (χ3v) is 6.15. The Labute approximate surface area is 182 Å². The number of ether oxygens (including phenoxy) is 2. The Bertz CT molecular complexity index is 986. The molecule has 0 aromatic heterocycles. The molecule has 0 radical (unpaired) electrons. The number of amides is 1. The van der Waals surface area contributed by atoms with Crippen molar-refractivity contribution in [3.63, 3.8) is 0 Å². The SMILES string of the molecule is COc1ccc(C(=O)CC2(O)C(=O)N(CN3CCCCC3)c3ccccc32)cc1OC. The first-order valence-electron chi connectivity index (χ1n) is 10.6. The zero-order chi connectivity index (χ0) is 22.0. The number of hydrogen-bond acceptors (Lipinski definition) is 6. The van der Waals surface area contributed by atoms with E-state index in [0.717, 1.165) is 25.9 Å². The predicted octanol–water partition coefficient (Wildman–Crippen LogP) is 2.95. The summed E-state index contributed by atoms with van der Waals surface area (Å²) >= 11 is 0. The molecule has 7 nitrogen and oxygen atoms in total. The van der Waals surface area contributed by atoms with Gasteiger partial charge in [0.25, 0.3) is 5.91 Å². The Morgan fingerprint density at radius 2 is 1.74 bits per heavy atom. The minimum Gasteiger partial charge on any atom is -0.493 e. The molecule has 1 fully saturated rings. The normalized spacial score (nSPS) is 21.1. The van der Waals surface area contributed by atoms with Crippen LogP contribution in [0.3, 0.4) is 0 Å². The van der Waals surface area contributed by atoms with Gasteiger partial charge in [-0.1, -0.05) is 24.6 Å². The zero-order valence-electron chi connectivity index (χ0n) is 18.0. The first-order chi connectivity index (χ1) is 15.0. The Balaban J connectivity index is 1.61. The van der Waals surface area contributed by atoms with E-state index in [1.807, 2.05) is 12.1 Å². The van der Waals surface area contributed by atoms with Crippen molar-refractivity contribution >= 4 is 17.4 Å². The van der Waals surface area contributed by atoms with Gasteiger partial charge in [-0.3, -0.25) is 19.4 Å². The number of piperidine rings is 1. The lowest BCUT2D eigenvalue weighted by atomic mass is 9.88. The largest absolute Gasteiger partial charge is 0.493 e. The van der Waals surface area contributed by atoms with Crippen molar-refractivity contribution < 1.29 is 24.2 Å². The summed E-state index contributed by atoms with van der Waals surface area (Å²) in [7, 11) is 3.02. The number of Topliss-reactive ketones (excluding diaryl/α,β-unsaturated/α-hetero) is 1. The van der Waals surface area contributed by atoms with E-state index in [2.05, 4.69) is 4.90 Å². The van der Waals surface area contributed by atoms with Gasteiger partial charge in [0.15, 0.2) is 22.9 Å². The van der Waals surface area contributed by atoms with Gasteiger partial charge in [0.2, 0.25) is 0 Å². The van der Waals surface area contributed by atoms with E-state index < -0.39 is 11.5 Å². The number of methoxy groups -OCH3 is 2. The van der Waals surface area contributed by atoms with Gasteiger partial charge >= 0.3 is 0 Å². The summed E-state index contributed by atoms with van der Waals surface area (Å²) in [4.78, 5) is 30.3. The molecule has 2 aromatic rings. The molecule has 2 aromatic carbocycles. The third-order valence-electron chi connectivity index (χ3n) is 6.15. The Hall–Kier alpha value is -2.90. The van der Waals surface area contributed by atoms with Crippen LogP contribution < -0.4 is 14.4 Å². The fourth-order valence-corrected chi connectivity index (χ4v) is 4.46. The van der Waals surface area contributed by atoms with Crippen molar-refractivity contribution in [1.29, 1.82) is 0 Å². The molecule has 0 spiro atoms. The standard InChI is InChI=1S/C24H28N2O5/c1-30-21-11-10-17(14-22(21)31-2)20(27)15-24(29)18-8-4-5-9-19(18)26(23(24)28)16-25-12-6-3-7-13-25/h4-5,8-11,14,29H,3,6-7,12-13,15-16H2,1-2H3. The number of fused-ring (bicyclic) bond motifs is 1. The number of anilines is 1. The molecule has 2 aliphatic rings. The second-order valence-electron chi connectivity index (χ2n) is 8.10. The Morgan fingerprint density at radius 3 is 2.45 bits per heavy atom. The number of rotatable bonds is 7. The van der Waals surface area contributed by atoms with Crippen molar-refractivity contribution in [3.05, 3.63) is 53.6 Å². The number of carbonyl (C=O) groups is 2. The van der Waals surface area contributed by atoms with Crippen LogP contribution in [0.2, 0.25) is 0 Å². The van der Waals surface area contributed by atoms with Gasteiger partial charge < -0.3 is 14.6 Å². The summed E-state index contributed by atoms with van der Waals surface area (Å²) in [5.74, 6) is 0.137. The smallest absolute Gasteiger partial charge is 0.265 e. The summed E-state index contributed by atoms with van der Waals surface area (Å²) in [5.41, 5.74) is -0.395. The van der Waals surface area contributed by atoms with Crippen LogP contribution in [0.1, 0.15) is 41.6 Å². The highest BCUT2D eigenvalue weighted by Crippen LogP contribution is 2.43. The van der Waals surface area contributed by atoms with Gasteiger partial charge in [-0.2, -0.15) is 0 Å². The molecule has 31 heavy (non-hydrogen) atoms. The maximum atomic E-state index is 13.4. The van der Waals surface area contributed by atoms with Crippen LogP contribution in [0.25, 0.3) is 0 Å². The van der Waals surface area contributed by atoms with Crippen LogP contribution in [-0.4, -0.2) is 55.7 Å². The molecule has 2 heterocycles. The number of likely N-dealkylation sites (tertiary alicyclic amines) is 1. The second kappa shape index (κ2) is 8.69. The monoisotopic (exact) mass is 424 g/mol. The molecule has 0 bridgehead atoms. The Kier molecular flexibility index (Phi) is 5.98. The summed E-state index contributed by atoms with van der Waals surface area (Å²) < 4.78 is 10.5. The summed E-state index contributed by atoms with van der Waals surface area (Å²) in [6.45, 7) is 2.27. The molecule has 0 aliphatic carbocycles. The zero-order valence-corrected chi connectivity index (χ0v) is 18.0. The first kappa shape index (κ1) is 21.3. The van der Waals surface area contributed by atoms with Crippen molar-refractivity contribution in [1.82, 2.24) is 4.90 Å². The van der Waals surface area contributed by atoms with Crippen LogP contribution in [0.15, 0.2) is 42.5 Å². The van der Waals surface area contributed by atoms with Crippen LogP contribution in [0.4, 0.5) is 5.69 Å². The summed E-state index contributed by atoms with van der Waals surface area (Å²) in [6, 6.07) is 12.0. The molecule has 1 N–H and O–H groups in total. The first-order valence-corrected chi connectivity index (χ1v) is 10.6. The van der Waals surface area contributed by atoms with Crippen LogP contribution in [0.5, 0.6) is 11.5 Å². The third kappa shape index (κ3) is 3.91. The number of para-hydroxylation sites is 1. The van der Waals surface area contributed by atoms with Gasteiger partial charge in [0, 0.05) is 11.1 Å². The lowest BCUT2D eigenvalue weighted by Gasteiger charge is -2.31. The average molecular weight is 424 g/mol. The summed E-state index contributed by atoms with van der Waals surface area (Å²) in [5, 5.41) is 11.5. The number of hydrogen-bond donors (Lipinski definition) is 1. The van der Waals surface area contributed by atoms with E-state index in [1.54, 1.807) is 35.2 Å². The fourth-order valence-electron chi connectivity index (χ4n) is 4.46. The summed E-state index contributed by atoms with van der Waals surface area (Å²) in [6.07, 6.45) is 3.07. The topological polar surface area (TPSA) is 79.3 Å². The molecular weight excluding hydrogens is 396 g/mol. The van der Waals surface area contributed by atoms with Crippen molar-refractivity contribution in [3.8, 4) is 11.5 Å². The molecular formula is C24H28N2O5. The number of aliphatic hydroxyl groups is 1. The van der Waals surface area contributed by atoms with E-state index >= 15 is 0 Å². The maximum Gasteiger partial charge on any atom is 0.265 e. The lowest BCUT2D eigenvalue weighted by Crippen LogP contribution is -2.47. The van der Waals surface area contributed by atoms with Gasteiger partial charge in [-0.25, -0.2) is 0 Å². The fraction of sp³-hybridized carbons (Fsp3) is 0.417. The highest BCUT2D eigenvalue weighted by atomic mass is 16.5. The van der Waals surface area contributed by atoms with E-state index in [1.165, 1.54) is 20.6 Å². The number of nitrogens with zero attached hydrogens (tertiary/aromatic N) is 2. The number of benzene rings is 2. The molecule has 4 rings (SSSR count). The lowest BCUT2D eigenvalue weighted by molar-refractivity contribution is -0.136. The van der Waals surface area contributed by atoms with Crippen molar-refractivity contribution in [2.75, 3.05) is 38.9 Å². The Morgan fingerprint density at radius 1 is 1.03 bits per heavy atom. The van der Waals surface area contributed by atoms with Gasteiger partial charge in [-0.05, 0) is 50.2 Å². The molecule has 164 valence electrons. The molecule has 1 amide bonds. The minimum atomic E-state index is -1.89. The quantitative estimate of drug-likeness (QED) is 0.689. The molecule has 0 saturated carbocycles. The predicted molar refractivity (Wildman–Crippen MR) is 117 cm³/mol. The van der Waals surface area contributed by atoms with Crippen LogP contribution in [-0.2, 0) is 10.4 Å². The van der Waals surface area contributed by atoms with Gasteiger partial charge in [0.05, 0.1) is 33.0 Å². The van der Waals surface area contributed by atoms with E-state index in [0.29, 0.717) is 35.0 Å². The highest BCUT2D eigenvalue weighted by molar-refractivity contribution is 6.10. The van der Waals surface area contributed by atoms with Crippen molar-refractivity contribution in [2.45, 2.75) is 31.3 Å². The molecule has 7 heteroatoms. The molecule has 1 saturated heterocycles.